The predicted molar refractivity (Wildman–Crippen MR) is 62.7 cm³/mol. The Bertz CT molecular complexity index is 188. The molecule has 1 fully saturated rings. The van der Waals surface area contributed by atoms with Gasteiger partial charge in [-0.15, -0.1) is 6.58 Å². The van der Waals surface area contributed by atoms with Crippen LogP contribution in [0.5, 0.6) is 0 Å². The Balaban J connectivity index is 2.59. The van der Waals surface area contributed by atoms with Crippen molar-refractivity contribution in [1.82, 2.24) is 0 Å². The topological polar surface area (TPSA) is 27.7 Å². The van der Waals surface area contributed by atoms with Crippen LogP contribution in [0.3, 0.4) is 0 Å². The van der Waals surface area contributed by atoms with E-state index in [0.29, 0.717) is 11.5 Å². The van der Waals surface area contributed by atoms with Gasteiger partial charge in [0.15, 0.2) is 0 Å². The first-order valence-electron chi connectivity index (χ1n) is 5.50. The van der Waals surface area contributed by atoms with E-state index < -0.39 is 8.80 Å². The van der Waals surface area contributed by atoms with Crippen molar-refractivity contribution in [2.45, 2.75) is 31.2 Å². The molecule has 0 aromatic carbocycles. The van der Waals surface area contributed by atoms with Crippen LogP contribution in [0.1, 0.15) is 25.7 Å². The molecule has 0 unspecified atom stereocenters. The summed E-state index contributed by atoms with van der Waals surface area (Å²) in [5, 5.41) is 0. The van der Waals surface area contributed by atoms with Crippen LogP contribution >= 0.6 is 0 Å². The predicted octanol–water partition coefficient (Wildman–Crippen LogP) is 2.61. The van der Waals surface area contributed by atoms with E-state index in [1.54, 1.807) is 21.3 Å². The maximum Gasteiger partial charge on any atom is 0.503 e. The van der Waals surface area contributed by atoms with Crippen molar-refractivity contribution >= 4 is 8.80 Å². The van der Waals surface area contributed by atoms with Gasteiger partial charge in [-0.1, -0.05) is 6.08 Å². The Morgan fingerprint density at radius 1 is 1.00 bits per heavy atom. The lowest BCUT2D eigenvalue weighted by Crippen LogP contribution is -2.48. The molecule has 88 valence electrons. The molecule has 0 aliphatic heterocycles. The smallest absolute Gasteiger partial charge is 0.377 e. The fraction of sp³-hybridized carbons (Fsp3) is 0.818. The number of rotatable bonds is 5. The first kappa shape index (κ1) is 12.9. The van der Waals surface area contributed by atoms with Crippen molar-refractivity contribution in [2.24, 2.45) is 5.92 Å². The molecular formula is C11H22O3Si. The molecule has 4 heteroatoms. The van der Waals surface area contributed by atoms with Crippen LogP contribution in [0.2, 0.25) is 5.54 Å². The van der Waals surface area contributed by atoms with Crippen LogP contribution in [-0.2, 0) is 13.3 Å². The Morgan fingerprint density at radius 2 is 1.47 bits per heavy atom. The molecule has 0 aromatic heterocycles. The zero-order chi connectivity index (χ0) is 11.3. The summed E-state index contributed by atoms with van der Waals surface area (Å²) in [6.45, 7) is 3.85. The summed E-state index contributed by atoms with van der Waals surface area (Å²) in [4.78, 5) is 0. The van der Waals surface area contributed by atoms with E-state index >= 15 is 0 Å². The van der Waals surface area contributed by atoms with Crippen molar-refractivity contribution in [2.75, 3.05) is 21.3 Å². The molecular weight excluding hydrogens is 208 g/mol. The summed E-state index contributed by atoms with van der Waals surface area (Å²) in [6, 6.07) is 0. The van der Waals surface area contributed by atoms with Gasteiger partial charge in [-0.05, 0) is 31.6 Å². The second kappa shape index (κ2) is 5.79. The lowest BCUT2D eigenvalue weighted by Gasteiger charge is -2.36. The number of hydrogen-bond donors (Lipinski definition) is 0. The Morgan fingerprint density at radius 3 is 1.80 bits per heavy atom. The van der Waals surface area contributed by atoms with Crippen LogP contribution < -0.4 is 0 Å². The van der Waals surface area contributed by atoms with Gasteiger partial charge in [0, 0.05) is 26.9 Å². The minimum absolute atomic E-state index is 0.452. The standard InChI is InChI=1S/C11H22O3Si/c1-5-10-6-8-11(9-7-10)15(12-2,13-3)14-4/h5,10-11H,1,6-9H2,2-4H3. The zero-order valence-electron chi connectivity index (χ0n) is 9.99. The molecule has 0 heterocycles. The van der Waals surface area contributed by atoms with Gasteiger partial charge in [-0.25, -0.2) is 0 Å². The largest absolute Gasteiger partial charge is 0.503 e. The summed E-state index contributed by atoms with van der Waals surface area (Å²) in [7, 11) is 2.69. The average molecular weight is 230 g/mol. The van der Waals surface area contributed by atoms with Gasteiger partial charge in [0.05, 0.1) is 0 Å². The van der Waals surface area contributed by atoms with Crippen molar-refractivity contribution in [3.8, 4) is 0 Å². The third kappa shape index (κ3) is 2.69. The monoisotopic (exact) mass is 230 g/mol. The Hall–Kier alpha value is -0.163. The van der Waals surface area contributed by atoms with Gasteiger partial charge in [-0.2, -0.15) is 0 Å². The third-order valence-corrected chi connectivity index (χ3v) is 6.74. The number of hydrogen-bond acceptors (Lipinski definition) is 3. The third-order valence-electron chi connectivity index (χ3n) is 3.46. The first-order valence-corrected chi connectivity index (χ1v) is 7.30. The molecule has 1 rings (SSSR count). The van der Waals surface area contributed by atoms with Gasteiger partial charge < -0.3 is 13.3 Å². The average Bonchev–Trinajstić information content (AvgIpc) is 2.33. The van der Waals surface area contributed by atoms with Crippen molar-refractivity contribution in [3.05, 3.63) is 12.7 Å². The van der Waals surface area contributed by atoms with Crippen molar-refractivity contribution in [3.63, 3.8) is 0 Å². The quantitative estimate of drug-likeness (QED) is 0.537. The van der Waals surface area contributed by atoms with Gasteiger partial charge in [0.1, 0.15) is 0 Å². The highest BCUT2D eigenvalue weighted by Gasteiger charge is 2.47. The number of allylic oxidation sites excluding steroid dienone is 1. The zero-order valence-corrected chi connectivity index (χ0v) is 11.0. The highest BCUT2D eigenvalue weighted by Crippen LogP contribution is 2.40. The van der Waals surface area contributed by atoms with E-state index in [9.17, 15) is 0 Å². The molecule has 0 amide bonds. The minimum atomic E-state index is -2.39. The minimum Gasteiger partial charge on any atom is -0.377 e. The van der Waals surface area contributed by atoms with Crippen LogP contribution in [0.15, 0.2) is 12.7 Å². The lowest BCUT2D eigenvalue weighted by atomic mass is 9.89. The van der Waals surface area contributed by atoms with Gasteiger partial charge >= 0.3 is 8.80 Å². The molecule has 1 saturated carbocycles. The molecule has 3 nitrogen and oxygen atoms in total. The summed E-state index contributed by atoms with van der Waals surface area (Å²) in [5.41, 5.74) is 0.452. The normalized spacial score (nSPS) is 27.7. The van der Waals surface area contributed by atoms with Crippen LogP contribution in [0.4, 0.5) is 0 Å². The first-order chi connectivity index (χ1) is 7.22. The molecule has 0 spiro atoms. The molecule has 0 atom stereocenters. The Labute approximate surface area is 93.8 Å². The van der Waals surface area contributed by atoms with Crippen molar-refractivity contribution < 1.29 is 13.3 Å². The van der Waals surface area contributed by atoms with Gasteiger partial charge in [0.25, 0.3) is 0 Å². The van der Waals surface area contributed by atoms with E-state index in [-0.39, 0.29) is 0 Å². The maximum atomic E-state index is 5.51. The second-order valence-corrected chi connectivity index (χ2v) is 7.31. The highest BCUT2D eigenvalue weighted by atomic mass is 28.4. The van der Waals surface area contributed by atoms with E-state index in [1.165, 1.54) is 12.8 Å². The lowest BCUT2D eigenvalue weighted by molar-refractivity contribution is 0.102. The van der Waals surface area contributed by atoms with Crippen LogP contribution in [0, 0.1) is 5.92 Å². The van der Waals surface area contributed by atoms with E-state index in [1.807, 2.05) is 0 Å². The van der Waals surface area contributed by atoms with Gasteiger partial charge in [0.2, 0.25) is 0 Å². The van der Waals surface area contributed by atoms with E-state index in [2.05, 4.69) is 12.7 Å². The molecule has 1 aliphatic rings. The molecule has 0 aromatic rings. The Kier molecular flexibility index (Phi) is 4.98. The molecule has 0 saturated heterocycles. The fourth-order valence-electron chi connectivity index (χ4n) is 2.46. The molecule has 0 N–H and O–H groups in total. The SMILES string of the molecule is C=CC1CCC([Si](OC)(OC)OC)CC1. The molecule has 0 radical (unpaired) electrons. The molecule has 0 bridgehead atoms. The van der Waals surface area contributed by atoms with Crippen LogP contribution in [-0.4, -0.2) is 30.1 Å². The van der Waals surface area contributed by atoms with Crippen molar-refractivity contribution in [1.29, 1.82) is 0 Å². The fourth-order valence-corrected chi connectivity index (χ4v) is 5.00. The second-order valence-electron chi connectivity index (χ2n) is 4.06. The van der Waals surface area contributed by atoms with Crippen LogP contribution in [0.25, 0.3) is 0 Å². The summed E-state index contributed by atoms with van der Waals surface area (Å²) in [6.07, 6.45) is 6.67. The summed E-state index contributed by atoms with van der Waals surface area (Å²) >= 11 is 0. The summed E-state index contributed by atoms with van der Waals surface area (Å²) in [5.74, 6) is 0.665. The maximum absolute atomic E-state index is 5.51. The van der Waals surface area contributed by atoms with Gasteiger partial charge in [-0.3, -0.25) is 0 Å². The summed E-state index contributed by atoms with van der Waals surface area (Å²) < 4.78 is 16.5. The van der Waals surface area contributed by atoms with E-state index in [0.717, 1.165) is 12.8 Å². The van der Waals surface area contributed by atoms with E-state index in [4.69, 9.17) is 13.3 Å². The highest BCUT2D eigenvalue weighted by molar-refractivity contribution is 6.62. The molecule has 1 aliphatic carbocycles. The molecule has 15 heavy (non-hydrogen) atoms.